The number of amidine groups is 1. The Balaban J connectivity index is 2.04. The van der Waals surface area contributed by atoms with Gasteiger partial charge in [-0.1, -0.05) is 6.92 Å². The molecule has 2 heterocycles. The number of imide groups is 1. The summed E-state index contributed by atoms with van der Waals surface area (Å²) in [4.78, 5) is 48.0. The second kappa shape index (κ2) is 7.14. The molecule has 3 amide bonds. The zero-order chi connectivity index (χ0) is 19.7. The molecule has 1 atom stereocenters. The van der Waals surface area contributed by atoms with E-state index in [1.165, 1.54) is 19.1 Å². The Labute approximate surface area is 156 Å². The van der Waals surface area contributed by atoms with Crippen molar-refractivity contribution < 1.29 is 19.1 Å². The largest absolute Gasteiger partial charge is 0.465 e. The summed E-state index contributed by atoms with van der Waals surface area (Å²) in [6.07, 6.45) is 2.29. The lowest BCUT2D eigenvalue weighted by atomic mass is 9.89. The topological polar surface area (TPSA) is 91.6 Å². The van der Waals surface area contributed by atoms with Gasteiger partial charge in [-0.25, -0.2) is 14.6 Å². The molecule has 8 heteroatoms. The van der Waals surface area contributed by atoms with E-state index >= 15 is 0 Å². The number of aliphatic imine (C=N–C) groups is 2. The van der Waals surface area contributed by atoms with Gasteiger partial charge in [-0.3, -0.25) is 19.6 Å². The highest BCUT2D eigenvalue weighted by Gasteiger charge is 2.45. The van der Waals surface area contributed by atoms with E-state index in [1.54, 1.807) is 37.5 Å². The fraction of sp³-hybridized carbons (Fsp3) is 0.316. The molecule has 0 radical (unpaired) electrons. The molecule has 8 nitrogen and oxygen atoms in total. The van der Waals surface area contributed by atoms with Crippen molar-refractivity contribution in [2.45, 2.75) is 13.3 Å². The molecule has 2 aliphatic heterocycles. The van der Waals surface area contributed by atoms with Crippen LogP contribution in [-0.4, -0.2) is 60.5 Å². The molecule has 1 saturated heterocycles. The number of urea groups is 1. The van der Waals surface area contributed by atoms with Crippen molar-refractivity contribution in [3.63, 3.8) is 0 Å². The lowest BCUT2D eigenvalue weighted by Gasteiger charge is -2.37. The monoisotopic (exact) mass is 368 g/mol. The Hall–Kier alpha value is -3.29. The van der Waals surface area contributed by atoms with Crippen LogP contribution in [0.4, 0.5) is 10.5 Å². The van der Waals surface area contributed by atoms with Crippen LogP contribution in [0.15, 0.2) is 46.0 Å². The van der Waals surface area contributed by atoms with Crippen LogP contribution in [0.25, 0.3) is 0 Å². The number of benzene rings is 1. The first-order valence-corrected chi connectivity index (χ1v) is 8.48. The van der Waals surface area contributed by atoms with Crippen LogP contribution in [-0.2, 0) is 9.53 Å². The second-order valence-electron chi connectivity index (χ2n) is 6.20. The van der Waals surface area contributed by atoms with E-state index in [4.69, 9.17) is 4.74 Å². The summed E-state index contributed by atoms with van der Waals surface area (Å²) in [6, 6.07) is 6.17. The van der Waals surface area contributed by atoms with Crippen molar-refractivity contribution in [2.75, 3.05) is 21.2 Å². The molecule has 0 aliphatic carbocycles. The van der Waals surface area contributed by atoms with Crippen LogP contribution in [0.1, 0.15) is 23.7 Å². The van der Waals surface area contributed by atoms with Crippen LogP contribution >= 0.6 is 0 Å². The third-order valence-corrected chi connectivity index (χ3v) is 4.63. The molecule has 2 aliphatic rings. The molecular formula is C19H20N4O4. The van der Waals surface area contributed by atoms with Gasteiger partial charge >= 0.3 is 12.0 Å². The quantitative estimate of drug-likeness (QED) is 0.766. The number of rotatable bonds is 3. The molecule has 1 aromatic carbocycles. The summed E-state index contributed by atoms with van der Waals surface area (Å²) in [5.41, 5.74) is 2.39. The van der Waals surface area contributed by atoms with Gasteiger partial charge in [0, 0.05) is 20.3 Å². The minimum Gasteiger partial charge on any atom is -0.465 e. The molecule has 0 N–H and O–H groups in total. The second-order valence-corrected chi connectivity index (χ2v) is 6.20. The average Bonchev–Trinajstić information content (AvgIpc) is 2.70. The van der Waals surface area contributed by atoms with Crippen molar-refractivity contribution in [3.8, 4) is 0 Å². The van der Waals surface area contributed by atoms with Crippen LogP contribution in [0, 0.1) is 5.92 Å². The van der Waals surface area contributed by atoms with Gasteiger partial charge in [-0.05, 0) is 36.3 Å². The van der Waals surface area contributed by atoms with Crippen molar-refractivity contribution >= 4 is 35.1 Å². The van der Waals surface area contributed by atoms with Gasteiger partial charge in [0.05, 0.1) is 24.1 Å². The SMILES string of the molecule is CCC1=CN=C2C(C(=O)N(C)C(=O)N2C)C1=Nc1ccc(C(=O)OC)cc1. The van der Waals surface area contributed by atoms with Crippen LogP contribution in [0.5, 0.6) is 0 Å². The number of carbonyl (C=O) groups excluding carboxylic acids is 3. The lowest BCUT2D eigenvalue weighted by Crippen LogP contribution is -2.59. The lowest BCUT2D eigenvalue weighted by molar-refractivity contribution is -0.128. The van der Waals surface area contributed by atoms with E-state index in [1.807, 2.05) is 6.92 Å². The number of esters is 1. The Morgan fingerprint density at radius 1 is 1.19 bits per heavy atom. The molecule has 1 fully saturated rings. The zero-order valence-corrected chi connectivity index (χ0v) is 15.6. The maximum Gasteiger partial charge on any atom is 0.337 e. The number of nitrogens with zero attached hydrogens (tertiary/aromatic N) is 4. The predicted molar refractivity (Wildman–Crippen MR) is 100 cm³/mol. The first-order chi connectivity index (χ1) is 12.9. The number of methoxy groups -OCH3 is 1. The van der Waals surface area contributed by atoms with Crippen LogP contribution < -0.4 is 0 Å². The summed E-state index contributed by atoms with van der Waals surface area (Å²) >= 11 is 0. The first kappa shape index (κ1) is 18.5. The summed E-state index contributed by atoms with van der Waals surface area (Å²) in [6.45, 7) is 1.95. The number of allylic oxidation sites excluding steroid dienone is 1. The minimum atomic E-state index is -0.738. The molecule has 0 saturated carbocycles. The Bertz CT molecular complexity index is 899. The number of hydrogen-bond acceptors (Lipinski definition) is 6. The molecule has 0 aromatic heterocycles. The normalized spacial score (nSPS) is 21.0. The molecule has 3 rings (SSSR count). The van der Waals surface area contributed by atoms with Crippen molar-refractivity contribution in [3.05, 3.63) is 41.6 Å². The fourth-order valence-corrected chi connectivity index (χ4v) is 3.05. The Kier molecular flexibility index (Phi) is 4.89. The van der Waals surface area contributed by atoms with E-state index in [0.29, 0.717) is 29.2 Å². The summed E-state index contributed by atoms with van der Waals surface area (Å²) in [5.74, 6) is -1.16. The maximum absolute atomic E-state index is 12.8. The number of ether oxygens (including phenoxy) is 1. The Morgan fingerprint density at radius 3 is 2.44 bits per heavy atom. The van der Waals surface area contributed by atoms with Gasteiger partial charge in [0.15, 0.2) is 0 Å². The summed E-state index contributed by atoms with van der Waals surface area (Å²) in [5, 5.41) is 0. The third-order valence-electron chi connectivity index (χ3n) is 4.63. The van der Waals surface area contributed by atoms with Gasteiger partial charge in [-0.15, -0.1) is 0 Å². The highest BCUT2D eigenvalue weighted by Crippen LogP contribution is 2.29. The van der Waals surface area contributed by atoms with Gasteiger partial charge < -0.3 is 4.74 Å². The van der Waals surface area contributed by atoms with Crippen LogP contribution in [0.3, 0.4) is 0 Å². The maximum atomic E-state index is 12.8. The van der Waals surface area contributed by atoms with E-state index in [2.05, 4.69) is 9.98 Å². The van der Waals surface area contributed by atoms with E-state index in [0.717, 1.165) is 10.5 Å². The minimum absolute atomic E-state index is 0.360. The summed E-state index contributed by atoms with van der Waals surface area (Å²) < 4.78 is 4.69. The molecule has 0 spiro atoms. The molecule has 27 heavy (non-hydrogen) atoms. The van der Waals surface area contributed by atoms with Gasteiger partial charge in [0.2, 0.25) is 5.91 Å². The van der Waals surface area contributed by atoms with Crippen molar-refractivity contribution in [2.24, 2.45) is 15.9 Å². The number of carbonyl (C=O) groups is 3. The predicted octanol–water partition coefficient (Wildman–Crippen LogP) is 2.39. The molecule has 1 unspecified atom stereocenters. The van der Waals surface area contributed by atoms with E-state index in [-0.39, 0.29) is 5.91 Å². The fourth-order valence-electron chi connectivity index (χ4n) is 3.05. The van der Waals surface area contributed by atoms with Crippen molar-refractivity contribution in [1.29, 1.82) is 0 Å². The number of hydrogen-bond donors (Lipinski definition) is 0. The van der Waals surface area contributed by atoms with E-state index in [9.17, 15) is 14.4 Å². The first-order valence-electron chi connectivity index (χ1n) is 8.48. The van der Waals surface area contributed by atoms with Crippen LogP contribution in [0.2, 0.25) is 0 Å². The molecule has 0 bridgehead atoms. The molecular weight excluding hydrogens is 348 g/mol. The highest BCUT2D eigenvalue weighted by atomic mass is 16.5. The van der Waals surface area contributed by atoms with Gasteiger partial charge in [0.25, 0.3) is 0 Å². The zero-order valence-electron chi connectivity index (χ0n) is 15.6. The third kappa shape index (κ3) is 3.14. The smallest absolute Gasteiger partial charge is 0.337 e. The molecule has 1 aromatic rings. The average molecular weight is 368 g/mol. The number of amides is 3. The molecule has 140 valence electrons. The Morgan fingerprint density at radius 2 is 1.85 bits per heavy atom. The highest BCUT2D eigenvalue weighted by molar-refractivity contribution is 6.33. The van der Waals surface area contributed by atoms with Gasteiger partial charge in [-0.2, -0.15) is 0 Å². The number of fused-ring (bicyclic) bond motifs is 1. The summed E-state index contributed by atoms with van der Waals surface area (Å²) in [7, 11) is 4.36. The van der Waals surface area contributed by atoms with Gasteiger partial charge in [0.1, 0.15) is 11.8 Å². The van der Waals surface area contributed by atoms with E-state index < -0.39 is 17.9 Å². The van der Waals surface area contributed by atoms with Crippen molar-refractivity contribution in [1.82, 2.24) is 9.80 Å². The standard InChI is InChI=1S/C19H20N4O4/c1-5-11-10-20-16-14(17(24)23(3)19(26)22(16)2)15(11)21-13-8-6-12(7-9-13)18(25)27-4/h6-10,14H,5H2,1-4H3.